The lowest BCUT2D eigenvalue weighted by atomic mass is 10.0. The van der Waals surface area contributed by atoms with Gasteiger partial charge in [0.05, 0.1) is 6.61 Å². The van der Waals surface area contributed by atoms with Crippen LogP contribution < -0.4 is 5.32 Å². The molecule has 1 unspecified atom stereocenters. The van der Waals surface area contributed by atoms with Crippen molar-refractivity contribution in [2.75, 3.05) is 40.1 Å². The first kappa shape index (κ1) is 32.1. The first-order valence-corrected chi connectivity index (χ1v) is 13.9. The molecular formula is C27H55NO5. The molecule has 198 valence electrons. The maximum Gasteiger partial charge on any atom is 0.407 e. The standard InChI is InChI=1S/C27H55NO5/c1-3-4-5-6-7-8-9-10-11-12-13-14-15-16-17-18-21-28-27(30)33-25-26(31-2)24-32-23-20-19-22-29/h26,29H,3-25H2,1-2H3,(H,28,30). The summed E-state index contributed by atoms with van der Waals surface area (Å²) in [4.78, 5) is 11.8. The molecule has 6 nitrogen and oxygen atoms in total. The minimum absolute atomic E-state index is 0.180. The molecule has 0 aromatic rings. The van der Waals surface area contributed by atoms with E-state index in [1.807, 2.05) is 0 Å². The number of unbranched alkanes of at least 4 members (excludes halogenated alkanes) is 16. The Morgan fingerprint density at radius 3 is 1.73 bits per heavy atom. The molecule has 0 aliphatic rings. The smallest absolute Gasteiger partial charge is 0.407 e. The number of nitrogens with one attached hydrogen (secondary N) is 1. The quantitative estimate of drug-likeness (QED) is 0.135. The molecule has 2 N–H and O–H groups in total. The third-order valence-electron chi connectivity index (χ3n) is 6.03. The van der Waals surface area contributed by atoms with Gasteiger partial charge in [0.25, 0.3) is 0 Å². The van der Waals surface area contributed by atoms with Crippen molar-refractivity contribution >= 4 is 6.09 Å². The molecule has 6 heteroatoms. The molecule has 0 heterocycles. The number of rotatable bonds is 26. The molecule has 1 amide bonds. The number of carbonyl (C=O) groups is 1. The van der Waals surface area contributed by atoms with E-state index in [0.29, 0.717) is 19.8 Å². The molecule has 33 heavy (non-hydrogen) atoms. The molecule has 0 aliphatic carbocycles. The van der Waals surface area contributed by atoms with Crippen LogP contribution in [-0.2, 0) is 14.2 Å². The molecule has 0 aromatic heterocycles. The monoisotopic (exact) mass is 473 g/mol. The highest BCUT2D eigenvalue weighted by molar-refractivity contribution is 5.67. The average Bonchev–Trinajstić information content (AvgIpc) is 2.82. The zero-order valence-corrected chi connectivity index (χ0v) is 21.9. The minimum atomic E-state index is -0.390. The predicted octanol–water partition coefficient (Wildman–Crippen LogP) is 6.78. The van der Waals surface area contributed by atoms with E-state index in [1.54, 1.807) is 7.11 Å². The Labute approximate surface area is 204 Å². The molecule has 0 saturated heterocycles. The van der Waals surface area contributed by atoms with Gasteiger partial charge in [-0.15, -0.1) is 0 Å². The van der Waals surface area contributed by atoms with Crippen molar-refractivity contribution in [1.29, 1.82) is 0 Å². The van der Waals surface area contributed by atoms with Crippen molar-refractivity contribution < 1.29 is 24.1 Å². The van der Waals surface area contributed by atoms with Gasteiger partial charge in [0.2, 0.25) is 0 Å². The molecule has 0 spiro atoms. The van der Waals surface area contributed by atoms with Crippen molar-refractivity contribution in [2.24, 2.45) is 0 Å². The van der Waals surface area contributed by atoms with Gasteiger partial charge in [-0.1, -0.05) is 103 Å². The predicted molar refractivity (Wildman–Crippen MR) is 137 cm³/mol. The zero-order valence-electron chi connectivity index (χ0n) is 21.9. The fourth-order valence-corrected chi connectivity index (χ4v) is 3.80. The van der Waals surface area contributed by atoms with Crippen LogP contribution >= 0.6 is 0 Å². The molecule has 0 bridgehead atoms. The molecule has 0 aliphatic heterocycles. The van der Waals surface area contributed by atoms with Gasteiger partial charge in [0.1, 0.15) is 12.7 Å². The van der Waals surface area contributed by atoms with E-state index in [-0.39, 0.29) is 19.3 Å². The summed E-state index contributed by atoms with van der Waals surface area (Å²) in [7, 11) is 1.58. The number of hydrogen-bond acceptors (Lipinski definition) is 5. The third kappa shape index (κ3) is 25.6. The van der Waals surface area contributed by atoms with Crippen LogP contribution in [0.5, 0.6) is 0 Å². The summed E-state index contributed by atoms with van der Waals surface area (Å²) < 4.78 is 15.9. The molecule has 0 fully saturated rings. The van der Waals surface area contributed by atoms with Gasteiger partial charge < -0.3 is 24.6 Å². The summed E-state index contributed by atoms with van der Waals surface area (Å²) in [6.45, 7) is 4.26. The fourth-order valence-electron chi connectivity index (χ4n) is 3.80. The summed E-state index contributed by atoms with van der Waals surface area (Å²) in [5.41, 5.74) is 0. The van der Waals surface area contributed by atoms with E-state index in [0.717, 1.165) is 25.7 Å². The summed E-state index contributed by atoms with van der Waals surface area (Å²) in [6.07, 6.45) is 22.4. The van der Waals surface area contributed by atoms with Gasteiger partial charge in [0, 0.05) is 26.9 Å². The first-order valence-electron chi connectivity index (χ1n) is 13.9. The highest BCUT2D eigenvalue weighted by atomic mass is 16.6. The van der Waals surface area contributed by atoms with E-state index < -0.39 is 6.09 Å². The third-order valence-corrected chi connectivity index (χ3v) is 6.03. The largest absolute Gasteiger partial charge is 0.447 e. The van der Waals surface area contributed by atoms with Crippen molar-refractivity contribution in [3.05, 3.63) is 0 Å². The van der Waals surface area contributed by atoms with Gasteiger partial charge >= 0.3 is 6.09 Å². The number of aliphatic hydroxyl groups is 1. The first-order chi connectivity index (χ1) is 16.2. The summed E-state index contributed by atoms with van der Waals surface area (Å²) in [6, 6.07) is 0. The maximum absolute atomic E-state index is 11.8. The maximum atomic E-state index is 11.8. The molecule has 0 saturated carbocycles. The van der Waals surface area contributed by atoms with E-state index in [4.69, 9.17) is 19.3 Å². The van der Waals surface area contributed by atoms with Crippen LogP contribution in [0.1, 0.15) is 122 Å². The molecule has 1 atom stereocenters. The van der Waals surface area contributed by atoms with Crippen molar-refractivity contribution in [1.82, 2.24) is 5.32 Å². The Bertz CT molecular complexity index is 395. The normalized spacial score (nSPS) is 12.1. The van der Waals surface area contributed by atoms with Crippen LogP contribution in [0.2, 0.25) is 0 Å². The van der Waals surface area contributed by atoms with Crippen LogP contribution in [-0.4, -0.2) is 57.4 Å². The highest BCUT2D eigenvalue weighted by Crippen LogP contribution is 2.13. The van der Waals surface area contributed by atoms with Crippen LogP contribution in [0.4, 0.5) is 4.79 Å². The van der Waals surface area contributed by atoms with Gasteiger partial charge in [0.15, 0.2) is 0 Å². The number of carbonyl (C=O) groups excluding carboxylic acids is 1. The second-order valence-corrected chi connectivity index (χ2v) is 9.19. The molecule has 0 radical (unpaired) electrons. The van der Waals surface area contributed by atoms with Gasteiger partial charge in [-0.05, 0) is 19.3 Å². The molecule has 0 aromatic carbocycles. The zero-order chi connectivity index (χ0) is 24.2. The second kappa shape index (κ2) is 27.4. The number of methoxy groups -OCH3 is 1. The Morgan fingerprint density at radius 1 is 0.727 bits per heavy atom. The Balaban J connectivity index is 3.31. The lowest BCUT2D eigenvalue weighted by Crippen LogP contribution is -2.31. The Morgan fingerprint density at radius 2 is 1.24 bits per heavy atom. The second-order valence-electron chi connectivity index (χ2n) is 9.19. The van der Waals surface area contributed by atoms with Crippen molar-refractivity contribution in [3.63, 3.8) is 0 Å². The lowest BCUT2D eigenvalue weighted by Gasteiger charge is -2.16. The highest BCUT2D eigenvalue weighted by Gasteiger charge is 2.11. The molecule has 0 rings (SSSR count). The Hall–Kier alpha value is -0.850. The fraction of sp³-hybridized carbons (Fsp3) is 0.963. The van der Waals surface area contributed by atoms with Crippen LogP contribution in [0.15, 0.2) is 0 Å². The van der Waals surface area contributed by atoms with Crippen LogP contribution in [0.25, 0.3) is 0 Å². The van der Waals surface area contributed by atoms with Gasteiger partial charge in [-0.3, -0.25) is 0 Å². The average molecular weight is 474 g/mol. The minimum Gasteiger partial charge on any atom is -0.447 e. The number of aliphatic hydroxyl groups excluding tert-OH is 1. The number of ether oxygens (including phenoxy) is 3. The van der Waals surface area contributed by atoms with Crippen LogP contribution in [0, 0.1) is 0 Å². The lowest BCUT2D eigenvalue weighted by molar-refractivity contribution is -0.0251. The summed E-state index contributed by atoms with van der Waals surface area (Å²) in [5, 5.41) is 11.5. The SMILES string of the molecule is CCCCCCCCCCCCCCCCCCNC(=O)OCC(COCCCCO)OC. The van der Waals surface area contributed by atoms with E-state index >= 15 is 0 Å². The van der Waals surface area contributed by atoms with E-state index in [2.05, 4.69) is 12.2 Å². The number of alkyl carbamates (subject to hydrolysis) is 1. The van der Waals surface area contributed by atoms with E-state index in [1.165, 1.54) is 89.9 Å². The van der Waals surface area contributed by atoms with Gasteiger partial charge in [-0.25, -0.2) is 4.79 Å². The number of amides is 1. The topological polar surface area (TPSA) is 77.0 Å². The summed E-state index contributed by atoms with van der Waals surface area (Å²) >= 11 is 0. The van der Waals surface area contributed by atoms with Crippen LogP contribution in [0.3, 0.4) is 0 Å². The van der Waals surface area contributed by atoms with E-state index in [9.17, 15) is 4.79 Å². The Kier molecular flexibility index (Phi) is 26.7. The van der Waals surface area contributed by atoms with Crippen molar-refractivity contribution in [3.8, 4) is 0 Å². The number of hydrogen-bond donors (Lipinski definition) is 2. The van der Waals surface area contributed by atoms with Crippen molar-refractivity contribution in [2.45, 2.75) is 129 Å². The molecular weight excluding hydrogens is 418 g/mol. The van der Waals surface area contributed by atoms with Gasteiger partial charge in [-0.2, -0.15) is 0 Å². The summed E-state index contributed by atoms with van der Waals surface area (Å²) in [5.74, 6) is 0.